The number of hydrogen-bond donors (Lipinski definition) is 1. The number of hydrogen-bond acceptors (Lipinski definition) is 2. The fourth-order valence-corrected chi connectivity index (χ4v) is 5.80. The molecule has 0 atom stereocenters. The molecular formula is C28H26ClN3O. The highest BCUT2D eigenvalue weighted by atomic mass is 35.5. The monoisotopic (exact) mass is 455 g/mol. The predicted molar refractivity (Wildman–Crippen MR) is 132 cm³/mol. The quantitative estimate of drug-likeness (QED) is 0.375. The fourth-order valence-electron chi connectivity index (χ4n) is 5.58. The Kier molecular flexibility index (Phi) is 4.99. The van der Waals surface area contributed by atoms with Crippen LogP contribution in [0.2, 0.25) is 5.02 Å². The predicted octanol–water partition coefficient (Wildman–Crippen LogP) is 6.47. The molecule has 33 heavy (non-hydrogen) atoms. The summed E-state index contributed by atoms with van der Waals surface area (Å²) >= 11 is 6.50. The van der Waals surface area contributed by atoms with Crippen LogP contribution in [0.15, 0.2) is 73.2 Å². The number of aromatic nitrogens is 2. The SMILES string of the molecule is O=C(NC1CC2(CCC2)C1)c1ccc(Cl)c2ccn(Cc3ccc(-c4ccncc4)cc3)c12. The third-order valence-corrected chi connectivity index (χ3v) is 7.88. The van der Waals surface area contributed by atoms with E-state index in [1.54, 1.807) is 12.4 Å². The van der Waals surface area contributed by atoms with Crippen LogP contribution in [-0.2, 0) is 6.54 Å². The molecule has 2 aliphatic rings. The highest BCUT2D eigenvalue weighted by Crippen LogP contribution is 2.55. The molecule has 2 aliphatic carbocycles. The van der Waals surface area contributed by atoms with Gasteiger partial charge in [0.2, 0.25) is 0 Å². The number of halogens is 1. The molecule has 1 N–H and O–H groups in total. The normalized spacial score (nSPS) is 17.0. The summed E-state index contributed by atoms with van der Waals surface area (Å²) in [5.74, 6) is 0.00354. The lowest BCUT2D eigenvalue weighted by Crippen LogP contribution is -2.53. The van der Waals surface area contributed by atoms with Crippen LogP contribution < -0.4 is 5.32 Å². The summed E-state index contributed by atoms with van der Waals surface area (Å²) in [4.78, 5) is 17.3. The van der Waals surface area contributed by atoms with Gasteiger partial charge in [-0.3, -0.25) is 9.78 Å². The van der Waals surface area contributed by atoms with Crippen LogP contribution in [0.1, 0.15) is 48.0 Å². The summed E-state index contributed by atoms with van der Waals surface area (Å²) in [6, 6.07) is 18.6. The number of benzene rings is 2. The maximum absolute atomic E-state index is 13.2. The van der Waals surface area contributed by atoms with Gasteiger partial charge < -0.3 is 9.88 Å². The molecule has 0 radical (unpaired) electrons. The van der Waals surface area contributed by atoms with Gasteiger partial charge in [-0.1, -0.05) is 42.3 Å². The van der Waals surface area contributed by atoms with Gasteiger partial charge in [0.25, 0.3) is 5.91 Å². The minimum atomic E-state index is 0.00354. The summed E-state index contributed by atoms with van der Waals surface area (Å²) in [6.07, 6.45) is 11.9. The average molecular weight is 456 g/mol. The van der Waals surface area contributed by atoms with Gasteiger partial charge in [0, 0.05) is 41.6 Å². The van der Waals surface area contributed by atoms with Crippen molar-refractivity contribution in [3.8, 4) is 11.1 Å². The van der Waals surface area contributed by atoms with E-state index >= 15 is 0 Å². The molecule has 1 amide bonds. The minimum Gasteiger partial charge on any atom is -0.349 e. The van der Waals surface area contributed by atoms with E-state index in [1.165, 1.54) is 24.8 Å². The molecule has 6 rings (SSSR count). The highest BCUT2D eigenvalue weighted by molar-refractivity contribution is 6.36. The first kappa shape index (κ1) is 20.5. The summed E-state index contributed by atoms with van der Waals surface area (Å²) in [6.45, 7) is 0.674. The Morgan fingerprint density at radius 3 is 2.42 bits per heavy atom. The maximum Gasteiger partial charge on any atom is 0.253 e. The topological polar surface area (TPSA) is 46.9 Å². The Hall–Kier alpha value is -3.11. The zero-order valence-electron chi connectivity index (χ0n) is 18.4. The average Bonchev–Trinajstić information content (AvgIpc) is 3.20. The number of amides is 1. The largest absolute Gasteiger partial charge is 0.349 e. The molecule has 2 aromatic heterocycles. The van der Waals surface area contributed by atoms with Gasteiger partial charge in [-0.25, -0.2) is 0 Å². The lowest BCUT2D eigenvalue weighted by molar-refractivity contribution is -0.000602. The Balaban J connectivity index is 1.25. The first-order valence-corrected chi connectivity index (χ1v) is 12.1. The molecule has 4 nitrogen and oxygen atoms in total. The number of fused-ring (bicyclic) bond motifs is 1. The van der Waals surface area contributed by atoms with Gasteiger partial charge in [0.1, 0.15) is 0 Å². The van der Waals surface area contributed by atoms with E-state index in [-0.39, 0.29) is 5.91 Å². The highest BCUT2D eigenvalue weighted by Gasteiger charge is 2.48. The minimum absolute atomic E-state index is 0.00354. The van der Waals surface area contributed by atoms with E-state index in [0.717, 1.165) is 34.9 Å². The molecule has 2 fully saturated rings. The number of rotatable bonds is 5. The Bertz CT molecular complexity index is 1310. The van der Waals surface area contributed by atoms with E-state index in [4.69, 9.17) is 11.6 Å². The van der Waals surface area contributed by atoms with Gasteiger partial charge in [-0.05, 0) is 78.1 Å². The molecule has 4 aromatic rings. The van der Waals surface area contributed by atoms with Crippen molar-refractivity contribution < 1.29 is 4.79 Å². The number of nitrogens with zero attached hydrogens (tertiary/aromatic N) is 2. The van der Waals surface area contributed by atoms with E-state index in [2.05, 4.69) is 39.1 Å². The number of nitrogens with one attached hydrogen (secondary N) is 1. The Labute approximate surface area is 198 Å². The summed E-state index contributed by atoms with van der Waals surface area (Å²) in [7, 11) is 0. The molecule has 0 aliphatic heterocycles. The van der Waals surface area contributed by atoms with Crippen molar-refractivity contribution in [1.29, 1.82) is 0 Å². The van der Waals surface area contributed by atoms with Gasteiger partial charge >= 0.3 is 0 Å². The first-order valence-electron chi connectivity index (χ1n) is 11.7. The first-order chi connectivity index (χ1) is 16.1. The number of carbonyl (C=O) groups excluding carboxylic acids is 1. The molecule has 166 valence electrons. The van der Waals surface area contributed by atoms with E-state index in [9.17, 15) is 4.79 Å². The zero-order chi connectivity index (χ0) is 22.4. The third kappa shape index (κ3) is 3.72. The van der Waals surface area contributed by atoms with Gasteiger partial charge in [0.15, 0.2) is 0 Å². The summed E-state index contributed by atoms with van der Waals surface area (Å²) in [5, 5.41) is 4.86. The molecule has 2 aromatic carbocycles. The van der Waals surface area contributed by atoms with Gasteiger partial charge in [-0.15, -0.1) is 0 Å². The lowest BCUT2D eigenvalue weighted by atomic mass is 9.54. The van der Waals surface area contributed by atoms with Gasteiger partial charge in [-0.2, -0.15) is 0 Å². The van der Waals surface area contributed by atoms with Crippen molar-refractivity contribution in [2.24, 2.45) is 5.41 Å². The molecule has 0 unspecified atom stereocenters. The number of carbonyl (C=O) groups is 1. The van der Waals surface area contributed by atoms with Crippen molar-refractivity contribution in [1.82, 2.24) is 14.9 Å². The second-order valence-corrected chi connectivity index (χ2v) is 10.1. The smallest absolute Gasteiger partial charge is 0.253 e. The summed E-state index contributed by atoms with van der Waals surface area (Å²) in [5.41, 5.74) is 5.61. The van der Waals surface area contributed by atoms with E-state index in [0.29, 0.717) is 28.6 Å². The van der Waals surface area contributed by atoms with Crippen LogP contribution in [-0.4, -0.2) is 21.5 Å². The standard InChI is InChI=1S/C28H26ClN3O/c29-25-7-6-24(27(33)31-22-16-28(17-22)11-1-12-28)26-23(25)10-15-32(26)18-19-2-4-20(5-3-19)21-8-13-30-14-9-21/h2-10,13-15,22H,1,11-12,16-18H2,(H,31,33). The van der Waals surface area contributed by atoms with Crippen molar-refractivity contribution in [2.75, 3.05) is 0 Å². The Morgan fingerprint density at radius 1 is 1.00 bits per heavy atom. The van der Waals surface area contributed by atoms with Crippen LogP contribution >= 0.6 is 11.6 Å². The molecule has 1 spiro atoms. The molecule has 0 bridgehead atoms. The fraction of sp³-hybridized carbons (Fsp3) is 0.286. The van der Waals surface area contributed by atoms with Crippen LogP contribution in [0.5, 0.6) is 0 Å². The van der Waals surface area contributed by atoms with Crippen molar-refractivity contribution in [3.05, 3.63) is 89.3 Å². The maximum atomic E-state index is 13.2. The molecule has 5 heteroatoms. The third-order valence-electron chi connectivity index (χ3n) is 7.55. The molecular weight excluding hydrogens is 430 g/mol. The molecule has 2 saturated carbocycles. The van der Waals surface area contributed by atoms with Crippen LogP contribution in [0, 0.1) is 5.41 Å². The molecule has 0 saturated heterocycles. The zero-order valence-corrected chi connectivity index (χ0v) is 19.2. The molecule has 2 heterocycles. The second-order valence-electron chi connectivity index (χ2n) is 9.67. The van der Waals surface area contributed by atoms with Crippen LogP contribution in [0.25, 0.3) is 22.0 Å². The lowest BCUT2D eigenvalue weighted by Gasteiger charge is -2.54. The van der Waals surface area contributed by atoms with E-state index in [1.807, 2.05) is 36.5 Å². The van der Waals surface area contributed by atoms with Crippen molar-refractivity contribution in [2.45, 2.75) is 44.7 Å². The van der Waals surface area contributed by atoms with Crippen LogP contribution in [0.4, 0.5) is 0 Å². The summed E-state index contributed by atoms with van der Waals surface area (Å²) < 4.78 is 2.13. The van der Waals surface area contributed by atoms with Gasteiger partial charge in [0.05, 0.1) is 11.1 Å². The second kappa shape index (κ2) is 8.03. The Morgan fingerprint density at radius 2 is 1.73 bits per heavy atom. The van der Waals surface area contributed by atoms with E-state index < -0.39 is 0 Å². The van der Waals surface area contributed by atoms with Crippen molar-refractivity contribution >= 4 is 28.4 Å². The van der Waals surface area contributed by atoms with Crippen LogP contribution in [0.3, 0.4) is 0 Å². The number of pyridine rings is 1. The van der Waals surface area contributed by atoms with Crippen molar-refractivity contribution in [3.63, 3.8) is 0 Å².